The quantitative estimate of drug-likeness (QED) is 0.145. The monoisotopic (exact) mass is 644 g/mol. The molecule has 3 aromatic carbocycles. The molecule has 13 heteroatoms. The zero-order chi connectivity index (χ0) is 32.1. The highest BCUT2D eigenvalue weighted by atomic mass is 32.2. The topological polar surface area (TPSA) is 148 Å². The summed E-state index contributed by atoms with van der Waals surface area (Å²) >= 11 is 1.27. The third-order valence-corrected chi connectivity index (χ3v) is 9.05. The van der Waals surface area contributed by atoms with E-state index in [1.165, 1.54) is 36.0 Å². The molecular weight excluding hydrogens is 613 g/mol. The van der Waals surface area contributed by atoms with Crippen LogP contribution in [0.1, 0.15) is 18.3 Å². The van der Waals surface area contributed by atoms with Crippen LogP contribution in [0.2, 0.25) is 0 Å². The molecule has 0 aliphatic rings. The summed E-state index contributed by atoms with van der Waals surface area (Å²) in [6.07, 6.45) is 0. The predicted molar refractivity (Wildman–Crippen MR) is 175 cm³/mol. The average Bonchev–Trinajstić information content (AvgIpc) is 3.44. The van der Waals surface area contributed by atoms with E-state index in [1.807, 2.05) is 48.5 Å². The van der Waals surface area contributed by atoms with Gasteiger partial charge in [-0.2, -0.15) is 0 Å². The van der Waals surface area contributed by atoms with Crippen molar-refractivity contribution >= 4 is 39.3 Å². The highest BCUT2D eigenvalue weighted by Gasteiger charge is 2.21. The van der Waals surface area contributed by atoms with Gasteiger partial charge >= 0.3 is 0 Å². The normalized spacial score (nSPS) is 11.9. The molecule has 0 bridgehead atoms. The fourth-order valence-corrected chi connectivity index (χ4v) is 6.21. The Balaban J connectivity index is 1.30. The molecule has 11 nitrogen and oxygen atoms in total. The van der Waals surface area contributed by atoms with Crippen molar-refractivity contribution in [3.05, 3.63) is 90.3 Å². The third-order valence-electron chi connectivity index (χ3n) is 6.72. The van der Waals surface area contributed by atoms with Crippen molar-refractivity contribution in [2.45, 2.75) is 36.1 Å². The fourth-order valence-electron chi connectivity index (χ4n) is 4.46. The highest BCUT2D eigenvalue weighted by Crippen LogP contribution is 2.35. The van der Waals surface area contributed by atoms with Gasteiger partial charge in [0.15, 0.2) is 5.16 Å². The SMILES string of the molecule is COc1ccc(-c2nc(SC(C)C(=O)Nc3ccc(S(=O)(=O)Nc4nc(C)cc(C)n4)cc3)[nH]c2-c2ccc(OC)cc2)cc1. The third kappa shape index (κ3) is 7.62. The van der Waals surface area contributed by atoms with Crippen LogP contribution in [0.3, 0.4) is 0 Å². The number of carbonyl (C=O) groups is 1. The first-order valence-electron chi connectivity index (χ1n) is 13.9. The Bertz CT molecular complexity index is 1820. The van der Waals surface area contributed by atoms with E-state index >= 15 is 0 Å². The fraction of sp³-hybridized carbons (Fsp3) is 0.188. The van der Waals surface area contributed by atoms with Gasteiger partial charge in [-0.15, -0.1) is 0 Å². The lowest BCUT2D eigenvalue weighted by atomic mass is 10.0. The van der Waals surface area contributed by atoms with Crippen molar-refractivity contribution in [1.29, 1.82) is 0 Å². The lowest BCUT2D eigenvalue weighted by molar-refractivity contribution is -0.115. The standard InChI is InChI=1S/C32H32N6O5S2/c1-19-18-20(2)34-31(33-19)38-45(40,41)27-16-10-24(11-17-27)35-30(39)21(3)44-32-36-28(22-6-12-25(42-4)13-7-22)29(37-32)23-8-14-26(43-5)15-9-23/h6-18,21H,1-5H3,(H,35,39)(H,36,37)(H,33,34,38). The first-order chi connectivity index (χ1) is 21.5. The number of nitrogens with zero attached hydrogens (tertiary/aromatic N) is 3. The minimum Gasteiger partial charge on any atom is -0.497 e. The number of hydrogen-bond donors (Lipinski definition) is 3. The number of nitrogens with one attached hydrogen (secondary N) is 3. The predicted octanol–water partition coefficient (Wildman–Crippen LogP) is 6.09. The van der Waals surface area contributed by atoms with E-state index in [0.29, 0.717) is 22.2 Å². The number of aromatic nitrogens is 4. The number of amides is 1. The Morgan fingerprint density at radius 3 is 1.93 bits per heavy atom. The van der Waals surface area contributed by atoms with Gasteiger partial charge in [-0.05, 0) is 99.6 Å². The summed E-state index contributed by atoms with van der Waals surface area (Å²) in [5, 5.41) is 2.88. The van der Waals surface area contributed by atoms with Crippen LogP contribution >= 0.6 is 11.8 Å². The molecule has 1 amide bonds. The Hall–Kier alpha value is -4.88. The molecule has 5 aromatic rings. The van der Waals surface area contributed by atoms with E-state index in [-0.39, 0.29) is 16.8 Å². The molecular formula is C32H32N6O5S2. The van der Waals surface area contributed by atoms with Gasteiger partial charge in [0.05, 0.1) is 35.8 Å². The Kier molecular flexibility index (Phi) is 9.40. The molecule has 232 valence electrons. The van der Waals surface area contributed by atoms with Gasteiger partial charge in [-0.3, -0.25) is 4.79 Å². The minimum absolute atomic E-state index is 0.000971. The number of aromatic amines is 1. The summed E-state index contributed by atoms with van der Waals surface area (Å²) in [7, 11) is -0.691. The van der Waals surface area contributed by atoms with Gasteiger partial charge in [0, 0.05) is 28.2 Å². The van der Waals surface area contributed by atoms with Crippen LogP contribution in [-0.2, 0) is 14.8 Å². The second-order valence-corrected chi connectivity index (χ2v) is 13.1. The maximum Gasteiger partial charge on any atom is 0.264 e. The Labute approximate surface area is 265 Å². The molecule has 0 aliphatic carbocycles. The molecule has 0 saturated heterocycles. The van der Waals surface area contributed by atoms with Gasteiger partial charge < -0.3 is 19.8 Å². The minimum atomic E-state index is -3.92. The summed E-state index contributed by atoms with van der Waals surface area (Å²) in [6.45, 7) is 5.29. The number of anilines is 2. The molecule has 0 aliphatic heterocycles. The number of rotatable bonds is 11. The van der Waals surface area contributed by atoms with E-state index in [2.05, 4.69) is 25.0 Å². The summed E-state index contributed by atoms with van der Waals surface area (Å²) in [6, 6.07) is 22.9. The molecule has 45 heavy (non-hydrogen) atoms. The molecule has 2 heterocycles. The summed E-state index contributed by atoms with van der Waals surface area (Å²) in [5.74, 6) is 1.20. The zero-order valence-corrected chi connectivity index (χ0v) is 26.9. The van der Waals surface area contributed by atoms with Crippen molar-refractivity contribution in [2.75, 3.05) is 24.3 Å². The van der Waals surface area contributed by atoms with Gasteiger partial charge in [0.1, 0.15) is 11.5 Å². The second-order valence-electron chi connectivity index (χ2n) is 10.1. The number of ether oxygens (including phenoxy) is 2. The first kappa shape index (κ1) is 31.5. The van der Waals surface area contributed by atoms with Crippen molar-refractivity contribution in [3.8, 4) is 34.0 Å². The Morgan fingerprint density at radius 2 is 1.38 bits per heavy atom. The van der Waals surface area contributed by atoms with Crippen LogP contribution in [0.25, 0.3) is 22.5 Å². The molecule has 0 radical (unpaired) electrons. The van der Waals surface area contributed by atoms with E-state index in [4.69, 9.17) is 14.5 Å². The highest BCUT2D eigenvalue weighted by molar-refractivity contribution is 8.00. The molecule has 5 rings (SSSR count). The van der Waals surface area contributed by atoms with E-state index in [9.17, 15) is 13.2 Å². The van der Waals surface area contributed by atoms with Crippen LogP contribution in [-0.4, -0.2) is 53.7 Å². The van der Waals surface area contributed by atoms with Gasteiger partial charge in [0.25, 0.3) is 10.0 Å². The van der Waals surface area contributed by atoms with E-state index < -0.39 is 15.3 Å². The van der Waals surface area contributed by atoms with E-state index in [0.717, 1.165) is 34.0 Å². The number of sulfonamides is 1. The number of aryl methyl sites for hydroxylation is 2. The van der Waals surface area contributed by atoms with Crippen molar-refractivity contribution < 1.29 is 22.7 Å². The zero-order valence-electron chi connectivity index (χ0n) is 25.3. The number of carbonyl (C=O) groups excluding carboxylic acids is 1. The number of hydrogen-bond acceptors (Lipinski definition) is 9. The molecule has 0 saturated carbocycles. The van der Waals surface area contributed by atoms with Crippen LogP contribution in [0.4, 0.5) is 11.6 Å². The maximum atomic E-state index is 13.1. The molecule has 2 aromatic heterocycles. The average molecular weight is 645 g/mol. The molecule has 3 N–H and O–H groups in total. The van der Waals surface area contributed by atoms with Crippen LogP contribution in [0.15, 0.2) is 88.9 Å². The lowest BCUT2D eigenvalue weighted by Crippen LogP contribution is -2.22. The number of benzene rings is 3. The van der Waals surface area contributed by atoms with Crippen molar-refractivity contribution in [2.24, 2.45) is 0 Å². The number of thioether (sulfide) groups is 1. The second kappa shape index (κ2) is 13.4. The Morgan fingerprint density at radius 1 is 0.822 bits per heavy atom. The van der Waals surface area contributed by atoms with Crippen molar-refractivity contribution in [1.82, 2.24) is 19.9 Å². The largest absolute Gasteiger partial charge is 0.497 e. The van der Waals surface area contributed by atoms with Crippen LogP contribution in [0.5, 0.6) is 11.5 Å². The summed E-state index contributed by atoms with van der Waals surface area (Å²) in [5.41, 5.74) is 5.07. The number of imidazole rings is 1. The number of methoxy groups -OCH3 is 2. The lowest BCUT2D eigenvalue weighted by Gasteiger charge is -2.12. The molecule has 0 spiro atoms. The van der Waals surface area contributed by atoms with Gasteiger partial charge in [-0.1, -0.05) is 11.8 Å². The van der Waals surface area contributed by atoms with Gasteiger partial charge in [0.2, 0.25) is 11.9 Å². The molecule has 0 fully saturated rings. The van der Waals surface area contributed by atoms with Gasteiger partial charge in [-0.25, -0.2) is 28.1 Å². The van der Waals surface area contributed by atoms with Crippen LogP contribution < -0.4 is 19.5 Å². The molecule has 1 atom stereocenters. The van der Waals surface area contributed by atoms with Crippen LogP contribution in [0, 0.1) is 13.8 Å². The van der Waals surface area contributed by atoms with Crippen molar-refractivity contribution in [3.63, 3.8) is 0 Å². The maximum absolute atomic E-state index is 13.1. The number of H-pyrrole nitrogens is 1. The van der Waals surface area contributed by atoms with E-state index in [1.54, 1.807) is 41.1 Å². The molecule has 1 unspecified atom stereocenters. The smallest absolute Gasteiger partial charge is 0.264 e. The summed E-state index contributed by atoms with van der Waals surface area (Å²) in [4.78, 5) is 29.6. The first-order valence-corrected chi connectivity index (χ1v) is 16.2. The summed E-state index contributed by atoms with van der Waals surface area (Å²) < 4.78 is 38.7.